The summed E-state index contributed by atoms with van der Waals surface area (Å²) in [5.41, 5.74) is 1.16. The molecule has 0 radical (unpaired) electrons. The molecular formula is C19H22N2O4. The van der Waals surface area contributed by atoms with E-state index >= 15 is 0 Å². The monoisotopic (exact) mass is 342 g/mol. The molecule has 1 unspecified atom stereocenters. The number of furan rings is 1. The lowest BCUT2D eigenvalue weighted by Gasteiger charge is -2.14. The Hall–Kier alpha value is -2.76. The first-order chi connectivity index (χ1) is 12.1. The highest BCUT2D eigenvalue weighted by molar-refractivity contribution is 5.95. The molecule has 1 fully saturated rings. The van der Waals surface area contributed by atoms with Gasteiger partial charge in [-0.05, 0) is 50.5 Å². The van der Waals surface area contributed by atoms with E-state index in [1.165, 1.54) is 0 Å². The van der Waals surface area contributed by atoms with E-state index in [4.69, 9.17) is 9.15 Å². The molecule has 1 atom stereocenters. The van der Waals surface area contributed by atoms with Crippen molar-refractivity contribution < 1.29 is 18.7 Å². The van der Waals surface area contributed by atoms with Crippen LogP contribution in [0.4, 0.5) is 0 Å². The van der Waals surface area contributed by atoms with E-state index in [0.717, 1.165) is 24.2 Å². The van der Waals surface area contributed by atoms with E-state index in [-0.39, 0.29) is 24.2 Å². The molecule has 0 aliphatic carbocycles. The summed E-state index contributed by atoms with van der Waals surface area (Å²) in [5, 5.41) is 5.53. The van der Waals surface area contributed by atoms with Crippen molar-refractivity contribution >= 4 is 11.8 Å². The minimum atomic E-state index is -0.507. The maximum atomic E-state index is 12.3. The smallest absolute Gasteiger partial charge is 0.287 e. The van der Waals surface area contributed by atoms with Crippen molar-refractivity contribution in [2.75, 3.05) is 6.54 Å². The van der Waals surface area contributed by atoms with E-state index in [1.54, 1.807) is 12.1 Å². The molecule has 2 heterocycles. The fraction of sp³-hybridized carbons (Fsp3) is 0.368. The summed E-state index contributed by atoms with van der Waals surface area (Å²) in [7, 11) is 0. The van der Waals surface area contributed by atoms with Gasteiger partial charge >= 0.3 is 0 Å². The predicted octanol–water partition coefficient (Wildman–Crippen LogP) is 2.57. The van der Waals surface area contributed by atoms with Crippen molar-refractivity contribution in [1.29, 1.82) is 0 Å². The number of carbonyl (C=O) groups excluding carboxylic acids is 2. The molecule has 0 spiro atoms. The van der Waals surface area contributed by atoms with Gasteiger partial charge in [-0.1, -0.05) is 17.7 Å². The van der Waals surface area contributed by atoms with Crippen molar-refractivity contribution in [3.05, 3.63) is 53.5 Å². The largest absolute Gasteiger partial charge is 0.486 e. The Labute approximate surface area is 146 Å². The quantitative estimate of drug-likeness (QED) is 0.875. The number of carbonyl (C=O) groups is 2. The van der Waals surface area contributed by atoms with Gasteiger partial charge in [-0.25, -0.2) is 0 Å². The van der Waals surface area contributed by atoms with Gasteiger partial charge in [0.25, 0.3) is 5.91 Å². The van der Waals surface area contributed by atoms with Crippen LogP contribution in [0.3, 0.4) is 0 Å². The summed E-state index contributed by atoms with van der Waals surface area (Å²) in [5.74, 6) is 0.947. The molecule has 0 saturated carbocycles. The van der Waals surface area contributed by atoms with Crippen LogP contribution in [-0.4, -0.2) is 24.4 Å². The Kier molecular flexibility index (Phi) is 5.38. The number of nitrogens with one attached hydrogen (secondary N) is 2. The number of rotatable bonds is 5. The van der Waals surface area contributed by atoms with Gasteiger partial charge in [-0.3, -0.25) is 9.59 Å². The summed E-state index contributed by atoms with van der Waals surface area (Å²) < 4.78 is 11.2. The molecule has 1 aliphatic heterocycles. The Morgan fingerprint density at radius 3 is 2.84 bits per heavy atom. The summed E-state index contributed by atoms with van der Waals surface area (Å²) in [6.07, 6.45) is 2.47. The zero-order chi connectivity index (χ0) is 17.6. The van der Waals surface area contributed by atoms with Crippen molar-refractivity contribution in [2.45, 2.75) is 38.8 Å². The van der Waals surface area contributed by atoms with Crippen LogP contribution in [0.15, 0.2) is 40.8 Å². The molecule has 3 rings (SSSR count). The fourth-order valence-corrected chi connectivity index (χ4v) is 2.67. The third-order valence-corrected chi connectivity index (χ3v) is 4.13. The van der Waals surface area contributed by atoms with E-state index in [2.05, 4.69) is 10.6 Å². The van der Waals surface area contributed by atoms with Crippen LogP contribution < -0.4 is 15.4 Å². The predicted molar refractivity (Wildman–Crippen MR) is 92.3 cm³/mol. The van der Waals surface area contributed by atoms with Gasteiger partial charge in [0, 0.05) is 6.54 Å². The summed E-state index contributed by atoms with van der Waals surface area (Å²) in [6.45, 7) is 2.91. The number of amides is 2. The highest BCUT2D eigenvalue weighted by atomic mass is 16.5. The third-order valence-electron chi connectivity index (χ3n) is 4.13. The second-order valence-corrected chi connectivity index (χ2v) is 6.18. The number of ether oxygens (including phenoxy) is 1. The van der Waals surface area contributed by atoms with Crippen LogP contribution in [-0.2, 0) is 11.4 Å². The molecule has 0 bridgehead atoms. The van der Waals surface area contributed by atoms with Gasteiger partial charge in [-0.2, -0.15) is 0 Å². The van der Waals surface area contributed by atoms with Gasteiger partial charge in [-0.15, -0.1) is 0 Å². The van der Waals surface area contributed by atoms with E-state index < -0.39 is 6.04 Å². The Morgan fingerprint density at radius 1 is 1.24 bits per heavy atom. The second kappa shape index (κ2) is 7.88. The summed E-state index contributed by atoms with van der Waals surface area (Å²) in [4.78, 5) is 24.2. The van der Waals surface area contributed by atoms with Crippen molar-refractivity contribution in [3.63, 3.8) is 0 Å². The molecular weight excluding hydrogens is 320 g/mol. The first-order valence-electron chi connectivity index (χ1n) is 8.48. The van der Waals surface area contributed by atoms with E-state index in [9.17, 15) is 9.59 Å². The molecule has 2 N–H and O–H groups in total. The van der Waals surface area contributed by atoms with Crippen LogP contribution >= 0.6 is 0 Å². The lowest BCUT2D eigenvalue weighted by Crippen LogP contribution is -2.45. The Bertz CT molecular complexity index is 736. The molecule has 1 aromatic heterocycles. The highest BCUT2D eigenvalue weighted by Crippen LogP contribution is 2.16. The average molecular weight is 342 g/mol. The minimum absolute atomic E-state index is 0.139. The molecule has 6 heteroatoms. The van der Waals surface area contributed by atoms with Gasteiger partial charge in [0.05, 0.1) is 0 Å². The zero-order valence-corrected chi connectivity index (χ0v) is 14.2. The zero-order valence-electron chi connectivity index (χ0n) is 14.2. The fourth-order valence-electron chi connectivity index (χ4n) is 2.67. The molecule has 6 nitrogen and oxygen atoms in total. The molecule has 132 valence electrons. The lowest BCUT2D eigenvalue weighted by molar-refractivity contribution is -0.122. The third kappa shape index (κ3) is 4.62. The standard InChI is InChI=1S/C19H22N2O4/c1-13-5-7-14(8-6-13)24-12-15-9-10-17(25-15)19(23)21-16-4-2-3-11-20-18(16)22/h5-10,16H,2-4,11-12H2,1H3,(H,20,22)(H,21,23). The summed E-state index contributed by atoms with van der Waals surface area (Å²) in [6, 6.07) is 10.5. The van der Waals surface area contributed by atoms with Gasteiger partial charge in [0.15, 0.2) is 5.76 Å². The maximum Gasteiger partial charge on any atom is 0.287 e. The Balaban J connectivity index is 1.55. The topological polar surface area (TPSA) is 80.6 Å². The normalized spacial score (nSPS) is 17.5. The molecule has 1 aromatic carbocycles. The number of benzene rings is 1. The highest BCUT2D eigenvalue weighted by Gasteiger charge is 2.24. The van der Waals surface area contributed by atoms with E-state index in [1.807, 2.05) is 31.2 Å². The first-order valence-corrected chi connectivity index (χ1v) is 8.48. The molecule has 1 saturated heterocycles. The van der Waals surface area contributed by atoms with Crippen molar-refractivity contribution in [2.24, 2.45) is 0 Å². The SMILES string of the molecule is Cc1ccc(OCc2ccc(C(=O)NC3CCCCNC3=O)o2)cc1. The van der Waals surface area contributed by atoms with Crippen LogP contribution in [0.5, 0.6) is 5.75 Å². The number of hydrogen-bond donors (Lipinski definition) is 2. The Morgan fingerprint density at radius 2 is 2.04 bits per heavy atom. The maximum absolute atomic E-state index is 12.3. The summed E-state index contributed by atoms with van der Waals surface area (Å²) >= 11 is 0. The lowest BCUT2D eigenvalue weighted by atomic mass is 10.1. The molecule has 2 aromatic rings. The van der Waals surface area contributed by atoms with Gasteiger partial charge in [0.2, 0.25) is 5.91 Å². The van der Waals surface area contributed by atoms with Gasteiger partial charge in [0.1, 0.15) is 24.2 Å². The van der Waals surface area contributed by atoms with E-state index in [0.29, 0.717) is 18.7 Å². The van der Waals surface area contributed by atoms with Crippen LogP contribution in [0.1, 0.15) is 41.1 Å². The van der Waals surface area contributed by atoms with Crippen molar-refractivity contribution in [3.8, 4) is 5.75 Å². The molecule has 25 heavy (non-hydrogen) atoms. The molecule has 2 amide bonds. The minimum Gasteiger partial charge on any atom is -0.486 e. The van der Waals surface area contributed by atoms with Crippen LogP contribution in [0.2, 0.25) is 0 Å². The van der Waals surface area contributed by atoms with Crippen molar-refractivity contribution in [1.82, 2.24) is 10.6 Å². The second-order valence-electron chi connectivity index (χ2n) is 6.18. The average Bonchev–Trinajstić information content (AvgIpc) is 3.00. The first kappa shape index (κ1) is 17.1. The van der Waals surface area contributed by atoms with Crippen LogP contribution in [0.25, 0.3) is 0 Å². The number of aryl methyl sites for hydroxylation is 1. The number of hydrogen-bond acceptors (Lipinski definition) is 4. The molecule has 1 aliphatic rings. The van der Waals surface area contributed by atoms with Gasteiger partial charge < -0.3 is 19.8 Å². The van der Waals surface area contributed by atoms with Crippen LogP contribution in [0, 0.1) is 6.92 Å².